The molecule has 0 aliphatic heterocycles. The fourth-order valence-electron chi connectivity index (χ4n) is 4.60. The van der Waals surface area contributed by atoms with Crippen molar-refractivity contribution in [2.24, 2.45) is 22.5 Å². The summed E-state index contributed by atoms with van der Waals surface area (Å²) in [6, 6.07) is 6.78. The normalized spacial score (nSPS) is 26.3. The Morgan fingerprint density at radius 1 is 1.41 bits per heavy atom. The van der Waals surface area contributed by atoms with E-state index in [1.165, 1.54) is 0 Å². The topological polar surface area (TPSA) is 122 Å². The van der Waals surface area contributed by atoms with Crippen molar-refractivity contribution in [3.63, 3.8) is 0 Å². The summed E-state index contributed by atoms with van der Waals surface area (Å²) in [5, 5.41) is 7.43. The van der Waals surface area contributed by atoms with Gasteiger partial charge in [0.2, 0.25) is 10.0 Å². The van der Waals surface area contributed by atoms with Crippen molar-refractivity contribution < 1.29 is 17.9 Å². The molecule has 148 valence electrons. The predicted molar refractivity (Wildman–Crippen MR) is 103 cm³/mol. The molecule has 2 saturated carbocycles. The van der Waals surface area contributed by atoms with Crippen LogP contribution < -0.4 is 15.2 Å². The van der Waals surface area contributed by atoms with E-state index in [4.69, 9.17) is 15.9 Å². The highest BCUT2D eigenvalue weighted by atomic mass is 32.2. The number of nitrogens with one attached hydrogen (secondary N) is 2. The van der Waals surface area contributed by atoms with Crippen LogP contribution >= 0.6 is 0 Å². The van der Waals surface area contributed by atoms with Crippen LogP contribution in [0.3, 0.4) is 0 Å². The number of amidine groups is 1. The van der Waals surface area contributed by atoms with E-state index < -0.39 is 15.4 Å². The van der Waals surface area contributed by atoms with E-state index >= 15 is 0 Å². The average molecular weight is 394 g/mol. The van der Waals surface area contributed by atoms with Crippen molar-refractivity contribution in [1.82, 2.24) is 4.72 Å². The van der Waals surface area contributed by atoms with Crippen LogP contribution in [0.5, 0.6) is 5.75 Å². The summed E-state index contributed by atoms with van der Waals surface area (Å²) < 4.78 is 33.3. The van der Waals surface area contributed by atoms with Gasteiger partial charge in [-0.1, -0.05) is 26.0 Å². The quantitative estimate of drug-likeness (QED) is 0.352. The molecule has 7 nitrogen and oxygen atoms in total. The van der Waals surface area contributed by atoms with E-state index in [1.54, 1.807) is 24.3 Å². The van der Waals surface area contributed by atoms with Crippen molar-refractivity contribution in [3.8, 4) is 5.75 Å². The van der Waals surface area contributed by atoms with Crippen LogP contribution in [0.25, 0.3) is 0 Å². The van der Waals surface area contributed by atoms with Gasteiger partial charge < -0.3 is 10.5 Å². The number of nitrogens with two attached hydrogens (primary N) is 1. The molecule has 8 heteroatoms. The first-order chi connectivity index (χ1) is 12.6. The summed E-state index contributed by atoms with van der Waals surface area (Å²) in [7, 11) is -3.59. The van der Waals surface area contributed by atoms with Crippen LogP contribution in [-0.2, 0) is 14.8 Å². The molecule has 0 spiro atoms. The van der Waals surface area contributed by atoms with Crippen LogP contribution in [0.4, 0.5) is 0 Å². The third-order valence-electron chi connectivity index (χ3n) is 6.41. The zero-order valence-corrected chi connectivity index (χ0v) is 16.6. The number of hydrogen-bond acceptors (Lipinski definition) is 5. The molecule has 0 amide bonds. The van der Waals surface area contributed by atoms with Gasteiger partial charge in [-0.05, 0) is 36.3 Å². The number of sulfonamides is 1. The number of nitrogen functional groups attached to an aromatic ring is 1. The molecule has 27 heavy (non-hydrogen) atoms. The lowest BCUT2D eigenvalue weighted by atomic mass is 9.70. The monoisotopic (exact) mass is 393 g/mol. The second-order valence-corrected chi connectivity index (χ2v) is 9.92. The van der Waals surface area contributed by atoms with Crippen LogP contribution in [0.2, 0.25) is 0 Å². The molecule has 2 aliphatic carbocycles. The van der Waals surface area contributed by atoms with Crippen LogP contribution in [0.15, 0.2) is 24.3 Å². The van der Waals surface area contributed by atoms with Gasteiger partial charge in [0.1, 0.15) is 24.0 Å². The predicted octanol–water partition coefficient (Wildman–Crippen LogP) is 1.66. The largest absolute Gasteiger partial charge is 0.492 e. The summed E-state index contributed by atoms with van der Waals surface area (Å²) in [5.41, 5.74) is 4.95. The molecule has 2 atom stereocenters. The highest BCUT2D eigenvalue weighted by molar-refractivity contribution is 7.89. The molecule has 4 N–H and O–H groups in total. The number of benzene rings is 1. The Labute approximate surface area is 160 Å². The van der Waals surface area contributed by atoms with Gasteiger partial charge in [-0.3, -0.25) is 10.2 Å². The summed E-state index contributed by atoms with van der Waals surface area (Å²) in [5.74, 6) is 0.691. The van der Waals surface area contributed by atoms with Crippen molar-refractivity contribution in [2.75, 3.05) is 18.9 Å². The lowest BCUT2D eigenvalue weighted by Gasteiger charge is -2.36. The Bertz CT molecular complexity index is 865. The van der Waals surface area contributed by atoms with Crippen LogP contribution in [-0.4, -0.2) is 38.9 Å². The Balaban J connectivity index is 1.56. The maximum absolute atomic E-state index is 12.6. The first kappa shape index (κ1) is 19.8. The highest BCUT2D eigenvalue weighted by Gasteiger charge is 2.65. The third-order valence-corrected chi connectivity index (χ3v) is 7.93. The smallest absolute Gasteiger partial charge is 0.212 e. The fraction of sp³-hybridized carbons (Fsp3) is 0.579. The number of fused-ring (bicyclic) bond motifs is 2. The first-order valence-corrected chi connectivity index (χ1v) is 10.8. The Kier molecular flexibility index (Phi) is 5.07. The fourth-order valence-corrected chi connectivity index (χ4v) is 6.43. The number of ether oxygens (including phenoxy) is 1. The van der Waals surface area contributed by atoms with Gasteiger partial charge in [0.25, 0.3) is 0 Å². The average Bonchev–Trinajstić information content (AvgIpc) is 2.93. The molecule has 0 heterocycles. The molecule has 1 unspecified atom stereocenters. The zero-order chi connectivity index (χ0) is 19.9. The van der Waals surface area contributed by atoms with Gasteiger partial charge in [0, 0.05) is 23.9 Å². The van der Waals surface area contributed by atoms with Gasteiger partial charge in [-0.15, -0.1) is 0 Å². The maximum Gasteiger partial charge on any atom is 0.212 e. The van der Waals surface area contributed by atoms with E-state index in [1.807, 2.05) is 13.8 Å². The van der Waals surface area contributed by atoms with Gasteiger partial charge in [-0.2, -0.15) is 0 Å². The van der Waals surface area contributed by atoms with Crippen molar-refractivity contribution in [1.29, 1.82) is 5.41 Å². The molecule has 1 aromatic carbocycles. The van der Waals surface area contributed by atoms with E-state index in [2.05, 4.69) is 4.72 Å². The first-order valence-electron chi connectivity index (χ1n) is 9.15. The molecular formula is C19H27N3O4S. The number of rotatable bonds is 8. The minimum atomic E-state index is -3.59. The van der Waals surface area contributed by atoms with E-state index in [9.17, 15) is 13.2 Å². The van der Waals surface area contributed by atoms with E-state index in [0.717, 1.165) is 6.42 Å². The summed E-state index contributed by atoms with van der Waals surface area (Å²) in [4.78, 5) is 12.5. The van der Waals surface area contributed by atoms with Crippen molar-refractivity contribution in [2.45, 2.75) is 33.1 Å². The summed E-state index contributed by atoms with van der Waals surface area (Å²) >= 11 is 0. The number of carbonyl (C=O) groups excluding carboxylic acids is 1. The van der Waals surface area contributed by atoms with E-state index in [-0.39, 0.29) is 41.9 Å². The zero-order valence-electron chi connectivity index (χ0n) is 15.7. The minimum Gasteiger partial charge on any atom is -0.492 e. The molecule has 2 bridgehead atoms. The second kappa shape index (κ2) is 6.91. The molecular weight excluding hydrogens is 366 g/mol. The van der Waals surface area contributed by atoms with Gasteiger partial charge in [0.05, 0.1) is 5.75 Å². The van der Waals surface area contributed by atoms with Crippen LogP contribution in [0.1, 0.15) is 38.7 Å². The van der Waals surface area contributed by atoms with Crippen LogP contribution in [0, 0.1) is 22.2 Å². The maximum atomic E-state index is 12.6. The molecule has 1 aromatic rings. The number of ketones is 1. The second-order valence-electron chi connectivity index (χ2n) is 8.11. The molecule has 2 fully saturated rings. The lowest BCUT2D eigenvalue weighted by molar-refractivity contribution is -0.128. The summed E-state index contributed by atoms with van der Waals surface area (Å²) in [6.07, 6.45) is 2.07. The third kappa shape index (κ3) is 3.60. The van der Waals surface area contributed by atoms with Gasteiger partial charge in [-0.25, -0.2) is 13.1 Å². The number of Topliss-reactive ketones (excluding diaryl/α,β-unsaturated/α-hetero) is 1. The number of carbonyl (C=O) groups is 1. The molecule has 0 saturated heterocycles. The lowest BCUT2D eigenvalue weighted by Crippen LogP contribution is -2.45. The van der Waals surface area contributed by atoms with Gasteiger partial charge >= 0.3 is 0 Å². The Morgan fingerprint density at radius 3 is 2.74 bits per heavy atom. The minimum absolute atomic E-state index is 0.0564. The molecule has 0 aromatic heterocycles. The highest BCUT2D eigenvalue weighted by Crippen LogP contribution is 2.64. The molecule has 2 aliphatic rings. The van der Waals surface area contributed by atoms with Gasteiger partial charge in [0.15, 0.2) is 0 Å². The Morgan fingerprint density at radius 2 is 2.15 bits per heavy atom. The van der Waals surface area contributed by atoms with Crippen molar-refractivity contribution in [3.05, 3.63) is 29.8 Å². The molecule has 3 rings (SSSR count). The number of hydrogen-bond donors (Lipinski definition) is 3. The molecule has 0 radical (unpaired) electrons. The Hall–Kier alpha value is -1.93. The van der Waals surface area contributed by atoms with E-state index in [0.29, 0.717) is 24.2 Å². The SMILES string of the molecule is CC1(C)C2CC[C@@]1(CS(=O)(=O)NCCOc1cccc(C(=N)N)c1)C(=O)C2. The standard InChI is InChI=1S/C19H27N3O4S/c1-18(2)14-6-7-19(18,16(23)11-14)12-27(24,25)22-8-9-26-15-5-3-4-13(10-15)17(20)21/h3-5,10,14,22H,6-9,11-12H2,1-2H3,(H3,20,21)/t14?,19-/m1/s1. The van der Waals surface area contributed by atoms with Crippen molar-refractivity contribution >= 4 is 21.6 Å². The summed E-state index contributed by atoms with van der Waals surface area (Å²) in [6.45, 7) is 4.31.